The summed E-state index contributed by atoms with van der Waals surface area (Å²) in [6, 6.07) is 15.1. The Morgan fingerprint density at radius 3 is 2.83 bits per heavy atom. The summed E-state index contributed by atoms with van der Waals surface area (Å²) in [5, 5.41) is 0. The maximum atomic E-state index is 5.82. The number of methoxy groups -OCH3 is 1. The predicted molar refractivity (Wildman–Crippen MR) is 122 cm³/mol. The lowest BCUT2D eigenvalue weighted by atomic mass is 9.98. The van der Waals surface area contributed by atoms with Crippen LogP contribution >= 0.6 is 15.9 Å². The van der Waals surface area contributed by atoms with Gasteiger partial charge in [-0.2, -0.15) is 0 Å². The Kier molecular flexibility index (Phi) is 6.47. The molecule has 4 nitrogen and oxygen atoms in total. The van der Waals surface area contributed by atoms with Gasteiger partial charge in [0.05, 0.1) is 0 Å². The van der Waals surface area contributed by atoms with E-state index in [1.165, 1.54) is 40.8 Å². The molecule has 2 aromatic carbocycles. The van der Waals surface area contributed by atoms with Crippen LogP contribution in [0.25, 0.3) is 0 Å². The first-order chi connectivity index (χ1) is 14.0. The number of para-hydroxylation sites is 1. The van der Waals surface area contributed by atoms with Crippen molar-refractivity contribution in [1.82, 2.24) is 4.90 Å². The molecule has 0 amide bonds. The third-order valence-electron chi connectivity index (χ3n) is 6.29. The minimum absolute atomic E-state index is 0.238. The number of benzene rings is 2. The fraction of sp³-hybridized carbons (Fsp3) is 0.500. The normalized spacial score (nSPS) is 22.7. The summed E-state index contributed by atoms with van der Waals surface area (Å²) < 4.78 is 12.2. The van der Waals surface area contributed by atoms with E-state index < -0.39 is 0 Å². The van der Waals surface area contributed by atoms with Crippen LogP contribution in [0.2, 0.25) is 0 Å². The van der Waals surface area contributed by atoms with Crippen molar-refractivity contribution in [3.8, 4) is 5.75 Å². The highest BCUT2D eigenvalue weighted by molar-refractivity contribution is 9.10. The monoisotopic (exact) mass is 458 g/mol. The van der Waals surface area contributed by atoms with E-state index in [1.807, 2.05) is 13.0 Å². The van der Waals surface area contributed by atoms with E-state index in [-0.39, 0.29) is 6.29 Å². The van der Waals surface area contributed by atoms with E-state index in [9.17, 15) is 0 Å². The SMILES string of the molecule is COC(C)Oc1ccc(Br)c(CC2CCN(CC3CN(C)c4ccccc43)C2)c1. The van der Waals surface area contributed by atoms with Crippen molar-refractivity contribution in [3.63, 3.8) is 0 Å². The summed E-state index contributed by atoms with van der Waals surface area (Å²) in [5.74, 6) is 2.18. The molecule has 3 atom stereocenters. The lowest BCUT2D eigenvalue weighted by Gasteiger charge is -2.21. The zero-order chi connectivity index (χ0) is 20.4. The highest BCUT2D eigenvalue weighted by Gasteiger charge is 2.30. The Morgan fingerprint density at radius 2 is 2.00 bits per heavy atom. The highest BCUT2D eigenvalue weighted by atomic mass is 79.9. The Morgan fingerprint density at radius 1 is 1.17 bits per heavy atom. The third kappa shape index (κ3) is 4.79. The van der Waals surface area contributed by atoms with Crippen LogP contribution in [0, 0.1) is 5.92 Å². The quantitative estimate of drug-likeness (QED) is 0.549. The number of anilines is 1. The van der Waals surface area contributed by atoms with E-state index in [0.29, 0.717) is 11.8 Å². The van der Waals surface area contributed by atoms with Crippen molar-refractivity contribution in [2.45, 2.75) is 32.0 Å². The molecule has 2 aliphatic heterocycles. The van der Waals surface area contributed by atoms with Crippen LogP contribution < -0.4 is 9.64 Å². The van der Waals surface area contributed by atoms with Gasteiger partial charge in [-0.05, 0) is 67.6 Å². The van der Waals surface area contributed by atoms with Crippen molar-refractivity contribution in [2.24, 2.45) is 5.92 Å². The van der Waals surface area contributed by atoms with Gasteiger partial charge < -0.3 is 19.3 Å². The summed E-state index contributed by atoms with van der Waals surface area (Å²) >= 11 is 3.73. The molecular formula is C24H31BrN2O2. The Bertz CT molecular complexity index is 843. The standard InChI is InChI=1S/C24H31BrN2O2/c1-17(28-3)29-21-8-9-23(25)19(13-21)12-18-10-11-27(14-18)16-20-15-26(2)24-7-5-4-6-22(20)24/h4-9,13,17-18,20H,10-12,14-16H2,1-3H3. The predicted octanol–water partition coefficient (Wildman–Crippen LogP) is 4.92. The van der Waals surface area contributed by atoms with Crippen LogP contribution in [-0.2, 0) is 11.2 Å². The second-order valence-electron chi connectivity index (χ2n) is 8.43. The molecule has 0 saturated carbocycles. The second-order valence-corrected chi connectivity index (χ2v) is 9.28. The Hall–Kier alpha value is -1.56. The minimum Gasteiger partial charge on any atom is -0.465 e. The van der Waals surface area contributed by atoms with Crippen LogP contribution in [0.1, 0.15) is 30.4 Å². The first kappa shape index (κ1) is 20.7. The van der Waals surface area contributed by atoms with E-state index in [4.69, 9.17) is 9.47 Å². The molecule has 0 aromatic heterocycles. The number of likely N-dealkylation sites (N-methyl/N-ethyl adjacent to an activating group) is 1. The van der Waals surface area contributed by atoms with Gasteiger partial charge in [-0.1, -0.05) is 34.1 Å². The highest BCUT2D eigenvalue weighted by Crippen LogP contribution is 2.36. The average Bonchev–Trinajstić information content (AvgIpc) is 3.29. The molecular weight excluding hydrogens is 428 g/mol. The van der Waals surface area contributed by atoms with Gasteiger partial charge in [-0.15, -0.1) is 0 Å². The van der Waals surface area contributed by atoms with Crippen LogP contribution in [0.5, 0.6) is 5.75 Å². The molecule has 0 aliphatic carbocycles. The van der Waals surface area contributed by atoms with Gasteiger partial charge in [-0.25, -0.2) is 0 Å². The smallest absolute Gasteiger partial charge is 0.196 e. The number of hydrogen-bond donors (Lipinski definition) is 0. The van der Waals surface area contributed by atoms with Gasteiger partial charge in [0.15, 0.2) is 6.29 Å². The zero-order valence-corrected chi connectivity index (χ0v) is 19.2. The van der Waals surface area contributed by atoms with Crippen molar-refractivity contribution < 1.29 is 9.47 Å². The lowest BCUT2D eigenvalue weighted by Crippen LogP contribution is -2.29. The number of nitrogens with zero attached hydrogens (tertiary/aromatic N) is 2. The molecule has 4 rings (SSSR count). The lowest BCUT2D eigenvalue weighted by molar-refractivity contribution is -0.0383. The summed E-state index contributed by atoms with van der Waals surface area (Å²) in [7, 11) is 3.88. The number of fused-ring (bicyclic) bond motifs is 1. The van der Waals surface area contributed by atoms with Gasteiger partial charge >= 0.3 is 0 Å². The number of ether oxygens (including phenoxy) is 2. The molecule has 0 radical (unpaired) electrons. The minimum atomic E-state index is -0.238. The molecule has 1 fully saturated rings. The Labute approximate surface area is 182 Å². The molecule has 156 valence electrons. The topological polar surface area (TPSA) is 24.9 Å². The summed E-state index contributed by atoms with van der Waals surface area (Å²) in [6.07, 6.45) is 2.10. The summed E-state index contributed by atoms with van der Waals surface area (Å²) in [6.45, 7) is 6.57. The van der Waals surface area contributed by atoms with E-state index in [2.05, 4.69) is 69.2 Å². The molecule has 5 heteroatoms. The molecule has 29 heavy (non-hydrogen) atoms. The summed E-state index contributed by atoms with van der Waals surface area (Å²) in [4.78, 5) is 5.06. The molecule has 0 N–H and O–H groups in total. The van der Waals surface area contributed by atoms with Crippen LogP contribution in [0.4, 0.5) is 5.69 Å². The molecule has 2 heterocycles. The van der Waals surface area contributed by atoms with Crippen LogP contribution in [0.15, 0.2) is 46.9 Å². The molecule has 2 aliphatic rings. The molecule has 2 aromatic rings. The average molecular weight is 459 g/mol. The first-order valence-electron chi connectivity index (χ1n) is 10.5. The van der Waals surface area contributed by atoms with Crippen LogP contribution in [-0.4, -0.2) is 51.5 Å². The Balaban J connectivity index is 1.36. The van der Waals surface area contributed by atoms with E-state index in [0.717, 1.165) is 25.3 Å². The van der Waals surface area contributed by atoms with Crippen molar-refractivity contribution in [1.29, 1.82) is 0 Å². The number of halogens is 1. The number of likely N-dealkylation sites (tertiary alicyclic amines) is 1. The summed E-state index contributed by atoms with van der Waals surface area (Å²) in [5.41, 5.74) is 4.24. The maximum Gasteiger partial charge on any atom is 0.196 e. The molecule has 3 unspecified atom stereocenters. The van der Waals surface area contributed by atoms with Gasteiger partial charge in [0.25, 0.3) is 0 Å². The molecule has 0 bridgehead atoms. The molecule has 1 saturated heterocycles. The number of hydrogen-bond acceptors (Lipinski definition) is 4. The fourth-order valence-electron chi connectivity index (χ4n) is 4.75. The van der Waals surface area contributed by atoms with Crippen LogP contribution in [0.3, 0.4) is 0 Å². The van der Waals surface area contributed by atoms with Gasteiger partial charge in [0.2, 0.25) is 0 Å². The zero-order valence-electron chi connectivity index (χ0n) is 17.6. The second kappa shape index (κ2) is 9.07. The van der Waals surface area contributed by atoms with Crippen molar-refractivity contribution in [2.75, 3.05) is 45.2 Å². The molecule has 0 spiro atoms. The maximum absolute atomic E-state index is 5.82. The van der Waals surface area contributed by atoms with Gasteiger partial charge in [-0.3, -0.25) is 0 Å². The van der Waals surface area contributed by atoms with Crippen molar-refractivity contribution >= 4 is 21.6 Å². The number of rotatable bonds is 7. The van der Waals surface area contributed by atoms with E-state index in [1.54, 1.807) is 7.11 Å². The van der Waals surface area contributed by atoms with Gasteiger partial charge in [0, 0.05) is 49.9 Å². The van der Waals surface area contributed by atoms with E-state index >= 15 is 0 Å². The first-order valence-corrected chi connectivity index (χ1v) is 11.3. The largest absolute Gasteiger partial charge is 0.465 e. The third-order valence-corrected chi connectivity index (χ3v) is 7.06. The fourth-order valence-corrected chi connectivity index (χ4v) is 5.16. The van der Waals surface area contributed by atoms with Gasteiger partial charge in [0.1, 0.15) is 5.75 Å². The van der Waals surface area contributed by atoms with Crippen molar-refractivity contribution in [3.05, 3.63) is 58.1 Å².